The smallest absolute Gasteiger partial charge is 0.311 e. The summed E-state index contributed by atoms with van der Waals surface area (Å²) in [6, 6.07) is 9.99. The van der Waals surface area contributed by atoms with E-state index in [-0.39, 0.29) is 4.90 Å². The number of aromatic hydroxyl groups is 1. The summed E-state index contributed by atoms with van der Waals surface area (Å²) in [7, 11) is -0.645. The number of nitrogens with zero attached hydrogens (tertiary/aromatic N) is 2. The molecular formula is C14H14N2O5S. The quantitative estimate of drug-likeness (QED) is 0.687. The van der Waals surface area contributed by atoms with Crippen LogP contribution in [0.5, 0.6) is 5.75 Å². The Morgan fingerprint density at radius 2 is 1.59 bits per heavy atom. The third-order valence-electron chi connectivity index (χ3n) is 3.14. The molecule has 0 bridgehead atoms. The number of nitro benzene ring substituents is 1. The molecule has 0 heterocycles. The normalized spacial score (nSPS) is 11.6. The van der Waals surface area contributed by atoms with Crippen molar-refractivity contribution in [2.75, 3.05) is 14.1 Å². The first-order chi connectivity index (χ1) is 10.2. The summed E-state index contributed by atoms with van der Waals surface area (Å²) >= 11 is 0. The van der Waals surface area contributed by atoms with Crippen molar-refractivity contribution in [2.24, 2.45) is 0 Å². The van der Waals surface area contributed by atoms with Gasteiger partial charge in [-0.3, -0.25) is 10.1 Å². The van der Waals surface area contributed by atoms with E-state index in [9.17, 15) is 23.6 Å². The number of nitro groups is 1. The van der Waals surface area contributed by atoms with Gasteiger partial charge in [-0.15, -0.1) is 0 Å². The molecule has 1 N–H and O–H groups in total. The van der Waals surface area contributed by atoms with Crippen LogP contribution in [0.3, 0.4) is 0 Å². The highest BCUT2D eigenvalue weighted by molar-refractivity contribution is 7.89. The van der Waals surface area contributed by atoms with E-state index in [0.29, 0.717) is 11.1 Å². The molecule has 0 atom stereocenters. The zero-order chi connectivity index (χ0) is 16.5. The van der Waals surface area contributed by atoms with Crippen LogP contribution in [0.15, 0.2) is 47.4 Å². The maximum Gasteiger partial charge on any atom is 0.311 e. The van der Waals surface area contributed by atoms with Gasteiger partial charge >= 0.3 is 5.69 Å². The minimum atomic E-state index is -3.52. The lowest BCUT2D eigenvalue weighted by molar-refractivity contribution is -0.385. The molecule has 116 valence electrons. The fourth-order valence-electron chi connectivity index (χ4n) is 1.88. The second-order valence-electron chi connectivity index (χ2n) is 4.77. The second-order valence-corrected chi connectivity index (χ2v) is 6.92. The summed E-state index contributed by atoms with van der Waals surface area (Å²) in [6.07, 6.45) is 0. The number of hydrogen-bond acceptors (Lipinski definition) is 5. The molecule has 0 aliphatic rings. The Balaban J connectivity index is 2.44. The van der Waals surface area contributed by atoms with Gasteiger partial charge in [-0.05, 0) is 29.3 Å². The Morgan fingerprint density at radius 3 is 2.09 bits per heavy atom. The van der Waals surface area contributed by atoms with E-state index in [4.69, 9.17) is 0 Å². The maximum absolute atomic E-state index is 12.0. The Bertz CT molecular complexity index is 814. The molecule has 2 rings (SSSR count). The third kappa shape index (κ3) is 2.92. The maximum atomic E-state index is 12.0. The fraction of sp³-hybridized carbons (Fsp3) is 0.143. The Morgan fingerprint density at radius 1 is 1.05 bits per heavy atom. The van der Waals surface area contributed by atoms with Crippen molar-refractivity contribution in [3.8, 4) is 16.9 Å². The Hall–Kier alpha value is -2.45. The lowest BCUT2D eigenvalue weighted by Crippen LogP contribution is -2.22. The van der Waals surface area contributed by atoms with Crippen LogP contribution in [-0.2, 0) is 10.0 Å². The van der Waals surface area contributed by atoms with Crippen LogP contribution in [0, 0.1) is 10.1 Å². The Kier molecular flexibility index (Phi) is 4.16. The molecule has 0 saturated carbocycles. The topological polar surface area (TPSA) is 101 Å². The molecule has 0 aliphatic heterocycles. The van der Waals surface area contributed by atoms with Crippen LogP contribution in [0.25, 0.3) is 11.1 Å². The number of hydrogen-bond donors (Lipinski definition) is 1. The van der Waals surface area contributed by atoms with Gasteiger partial charge in [0.2, 0.25) is 10.0 Å². The average Bonchev–Trinajstić information content (AvgIpc) is 2.47. The van der Waals surface area contributed by atoms with Gasteiger partial charge in [0.15, 0.2) is 5.75 Å². The zero-order valence-electron chi connectivity index (χ0n) is 11.9. The van der Waals surface area contributed by atoms with Crippen molar-refractivity contribution in [1.82, 2.24) is 4.31 Å². The van der Waals surface area contributed by atoms with E-state index in [2.05, 4.69) is 0 Å². The van der Waals surface area contributed by atoms with Crippen LogP contribution in [0.1, 0.15) is 0 Å². The van der Waals surface area contributed by atoms with Crippen molar-refractivity contribution < 1.29 is 18.4 Å². The number of phenolic OH excluding ortho intramolecular Hbond substituents is 1. The Labute approximate surface area is 127 Å². The van der Waals surface area contributed by atoms with Gasteiger partial charge in [-0.25, -0.2) is 12.7 Å². The van der Waals surface area contributed by atoms with Crippen LogP contribution < -0.4 is 0 Å². The minimum Gasteiger partial charge on any atom is -0.502 e. The molecule has 0 saturated heterocycles. The summed E-state index contributed by atoms with van der Waals surface area (Å²) in [4.78, 5) is 10.3. The molecule has 0 aliphatic carbocycles. The average molecular weight is 322 g/mol. The van der Waals surface area contributed by atoms with Crippen LogP contribution in [0.4, 0.5) is 5.69 Å². The van der Waals surface area contributed by atoms with Crippen LogP contribution in [0.2, 0.25) is 0 Å². The summed E-state index contributed by atoms with van der Waals surface area (Å²) in [5.41, 5.74) is 0.724. The number of rotatable bonds is 4. The molecule has 2 aromatic rings. The summed E-state index contributed by atoms with van der Waals surface area (Å²) in [6.45, 7) is 0. The highest BCUT2D eigenvalue weighted by atomic mass is 32.2. The molecule has 0 spiro atoms. The van der Waals surface area contributed by atoms with Crippen LogP contribution >= 0.6 is 0 Å². The van der Waals surface area contributed by atoms with Gasteiger partial charge in [-0.1, -0.05) is 18.2 Å². The SMILES string of the molecule is CN(C)S(=O)(=O)c1ccc(-c2ccc(O)c([N+](=O)[O-])c2)cc1. The highest BCUT2D eigenvalue weighted by Crippen LogP contribution is 2.31. The van der Waals surface area contributed by atoms with E-state index in [1.807, 2.05) is 0 Å². The van der Waals surface area contributed by atoms with Gasteiger partial charge in [-0.2, -0.15) is 0 Å². The highest BCUT2D eigenvalue weighted by Gasteiger charge is 2.18. The van der Waals surface area contributed by atoms with Gasteiger partial charge in [0.1, 0.15) is 0 Å². The van der Waals surface area contributed by atoms with E-state index in [1.165, 1.54) is 44.4 Å². The monoisotopic (exact) mass is 322 g/mol. The predicted molar refractivity (Wildman–Crippen MR) is 81.1 cm³/mol. The molecule has 7 nitrogen and oxygen atoms in total. The number of benzene rings is 2. The van der Waals surface area contributed by atoms with E-state index in [0.717, 1.165) is 4.31 Å². The second kappa shape index (κ2) is 5.74. The standard InChI is InChI=1S/C14H14N2O5S/c1-15(2)22(20,21)12-6-3-10(4-7-12)11-5-8-14(17)13(9-11)16(18)19/h3-9,17H,1-2H3. The fourth-order valence-corrected chi connectivity index (χ4v) is 2.78. The molecule has 0 unspecified atom stereocenters. The van der Waals surface area contributed by atoms with Gasteiger partial charge in [0.25, 0.3) is 0 Å². The van der Waals surface area contributed by atoms with Gasteiger partial charge in [0, 0.05) is 20.2 Å². The molecule has 0 aromatic heterocycles. The van der Waals surface area contributed by atoms with Crippen molar-refractivity contribution in [3.05, 3.63) is 52.6 Å². The molecule has 0 amide bonds. The number of phenols is 1. The lowest BCUT2D eigenvalue weighted by atomic mass is 10.1. The first-order valence-corrected chi connectivity index (χ1v) is 7.68. The van der Waals surface area contributed by atoms with E-state index >= 15 is 0 Å². The van der Waals surface area contributed by atoms with E-state index < -0.39 is 26.4 Å². The lowest BCUT2D eigenvalue weighted by Gasteiger charge is -2.11. The molecular weight excluding hydrogens is 308 g/mol. The molecule has 22 heavy (non-hydrogen) atoms. The van der Waals surface area contributed by atoms with Gasteiger partial charge < -0.3 is 5.11 Å². The van der Waals surface area contributed by atoms with Gasteiger partial charge in [0.05, 0.1) is 9.82 Å². The third-order valence-corrected chi connectivity index (χ3v) is 4.97. The van der Waals surface area contributed by atoms with Crippen LogP contribution in [-0.4, -0.2) is 36.8 Å². The van der Waals surface area contributed by atoms with Crippen molar-refractivity contribution >= 4 is 15.7 Å². The number of sulfonamides is 1. The molecule has 0 radical (unpaired) electrons. The van der Waals surface area contributed by atoms with E-state index in [1.54, 1.807) is 12.1 Å². The summed E-state index contributed by atoms with van der Waals surface area (Å²) in [5.74, 6) is -0.416. The molecule has 8 heteroatoms. The summed E-state index contributed by atoms with van der Waals surface area (Å²) < 4.78 is 25.0. The van der Waals surface area contributed by atoms with Crippen molar-refractivity contribution in [2.45, 2.75) is 4.90 Å². The van der Waals surface area contributed by atoms with Crippen molar-refractivity contribution in [3.63, 3.8) is 0 Å². The molecule has 0 fully saturated rings. The van der Waals surface area contributed by atoms with Crippen molar-refractivity contribution in [1.29, 1.82) is 0 Å². The summed E-state index contributed by atoms with van der Waals surface area (Å²) in [5, 5.41) is 20.3. The minimum absolute atomic E-state index is 0.134. The largest absolute Gasteiger partial charge is 0.502 e. The molecule has 2 aromatic carbocycles. The first kappa shape index (κ1) is 15.9. The predicted octanol–water partition coefficient (Wildman–Crippen LogP) is 2.22. The first-order valence-electron chi connectivity index (χ1n) is 6.24. The zero-order valence-corrected chi connectivity index (χ0v) is 12.7.